The molecular weight excluding hydrogens is 259 g/mol. The van der Waals surface area contributed by atoms with E-state index < -0.39 is 5.97 Å². The summed E-state index contributed by atoms with van der Waals surface area (Å²) in [7, 11) is 1.78. The second-order valence-corrected chi connectivity index (χ2v) is 4.53. The van der Waals surface area contributed by atoms with Gasteiger partial charge in [0.25, 0.3) is 0 Å². The molecule has 2 rings (SSSR count). The first-order chi connectivity index (χ1) is 9.49. The fourth-order valence-corrected chi connectivity index (χ4v) is 2.07. The zero-order chi connectivity index (χ0) is 14.7. The number of rotatable bonds is 4. The number of nitrogen functional groups attached to an aromatic ring is 1. The fraction of sp³-hybridized carbons (Fsp3) is 0.133. The summed E-state index contributed by atoms with van der Waals surface area (Å²) in [6.45, 7) is 0.436. The molecule has 0 fully saturated rings. The van der Waals surface area contributed by atoms with Gasteiger partial charge in [0.15, 0.2) is 0 Å². The molecule has 0 atom stereocenters. The number of nitrogens with zero attached hydrogens (tertiary/aromatic N) is 1. The molecule has 0 unspecified atom stereocenters. The first kappa shape index (κ1) is 13.9. The Balaban J connectivity index is 2.28. The summed E-state index contributed by atoms with van der Waals surface area (Å²) in [5.74, 6) is -1.37. The molecule has 104 valence electrons. The Morgan fingerprint density at radius 2 is 2.00 bits per heavy atom. The Morgan fingerprint density at radius 3 is 2.65 bits per heavy atom. The monoisotopic (exact) mass is 274 g/mol. The number of aromatic carboxylic acids is 1. The maximum absolute atomic E-state index is 13.1. The van der Waals surface area contributed by atoms with Crippen molar-refractivity contribution in [3.05, 3.63) is 59.4 Å². The number of nitrogens with two attached hydrogens (primary N) is 1. The summed E-state index contributed by atoms with van der Waals surface area (Å²) in [5, 5.41) is 9.05. The van der Waals surface area contributed by atoms with Crippen LogP contribution in [0.5, 0.6) is 0 Å². The van der Waals surface area contributed by atoms with E-state index >= 15 is 0 Å². The van der Waals surface area contributed by atoms with E-state index in [0.717, 1.165) is 5.56 Å². The SMILES string of the molecule is CN(Cc1cccc(F)c1)c1cccc(C(=O)O)c1N. The molecule has 5 heteroatoms. The third kappa shape index (κ3) is 2.88. The van der Waals surface area contributed by atoms with Crippen LogP contribution in [0.25, 0.3) is 0 Å². The van der Waals surface area contributed by atoms with Crippen molar-refractivity contribution in [2.75, 3.05) is 17.7 Å². The van der Waals surface area contributed by atoms with Gasteiger partial charge in [0.05, 0.1) is 16.9 Å². The van der Waals surface area contributed by atoms with Crippen molar-refractivity contribution in [2.45, 2.75) is 6.54 Å². The number of hydrogen-bond donors (Lipinski definition) is 2. The van der Waals surface area contributed by atoms with E-state index in [2.05, 4.69) is 0 Å². The van der Waals surface area contributed by atoms with Crippen LogP contribution in [0.15, 0.2) is 42.5 Å². The Kier molecular flexibility index (Phi) is 3.89. The molecule has 0 amide bonds. The molecule has 20 heavy (non-hydrogen) atoms. The third-order valence-corrected chi connectivity index (χ3v) is 3.03. The minimum Gasteiger partial charge on any atom is -0.478 e. The van der Waals surface area contributed by atoms with Crippen LogP contribution in [0, 0.1) is 5.82 Å². The molecular formula is C15H15FN2O2. The molecule has 0 saturated heterocycles. The number of carboxylic acids is 1. The lowest BCUT2D eigenvalue weighted by atomic mass is 10.1. The highest BCUT2D eigenvalue weighted by Gasteiger charge is 2.13. The summed E-state index contributed by atoms with van der Waals surface area (Å²) < 4.78 is 13.1. The number of benzene rings is 2. The van der Waals surface area contributed by atoms with E-state index in [1.807, 2.05) is 0 Å². The lowest BCUT2D eigenvalue weighted by Gasteiger charge is -2.22. The normalized spacial score (nSPS) is 10.3. The summed E-state index contributed by atoms with van der Waals surface area (Å²) in [6, 6.07) is 11.1. The van der Waals surface area contributed by atoms with Crippen LogP contribution in [0.2, 0.25) is 0 Å². The lowest BCUT2D eigenvalue weighted by Crippen LogP contribution is -2.19. The van der Waals surface area contributed by atoms with Crippen molar-refractivity contribution in [1.29, 1.82) is 0 Å². The maximum Gasteiger partial charge on any atom is 0.337 e. The molecule has 2 aromatic carbocycles. The number of anilines is 2. The van der Waals surface area contributed by atoms with Gasteiger partial charge in [-0.2, -0.15) is 0 Å². The van der Waals surface area contributed by atoms with Crippen LogP contribution in [0.1, 0.15) is 15.9 Å². The first-order valence-corrected chi connectivity index (χ1v) is 6.06. The number of para-hydroxylation sites is 1. The van der Waals surface area contributed by atoms with Gasteiger partial charge in [-0.15, -0.1) is 0 Å². The van der Waals surface area contributed by atoms with Crippen molar-refractivity contribution < 1.29 is 14.3 Å². The Morgan fingerprint density at radius 1 is 1.30 bits per heavy atom. The zero-order valence-electron chi connectivity index (χ0n) is 11.0. The highest BCUT2D eigenvalue weighted by Crippen LogP contribution is 2.27. The van der Waals surface area contributed by atoms with Crippen LogP contribution in [-0.4, -0.2) is 18.1 Å². The first-order valence-electron chi connectivity index (χ1n) is 6.06. The number of carbonyl (C=O) groups is 1. The van der Waals surface area contributed by atoms with Gasteiger partial charge < -0.3 is 15.7 Å². The highest BCUT2D eigenvalue weighted by atomic mass is 19.1. The second-order valence-electron chi connectivity index (χ2n) is 4.53. The predicted octanol–water partition coefficient (Wildman–Crippen LogP) is 2.74. The molecule has 0 aromatic heterocycles. The fourth-order valence-electron chi connectivity index (χ4n) is 2.07. The van der Waals surface area contributed by atoms with Gasteiger partial charge >= 0.3 is 5.97 Å². The second kappa shape index (κ2) is 5.61. The number of hydrogen-bond acceptors (Lipinski definition) is 3. The number of carboxylic acid groups (broad SMARTS) is 1. The van der Waals surface area contributed by atoms with Crippen molar-refractivity contribution in [1.82, 2.24) is 0 Å². The molecule has 0 spiro atoms. The maximum atomic E-state index is 13.1. The summed E-state index contributed by atoms with van der Waals surface area (Å²) in [5.41, 5.74) is 7.53. The smallest absolute Gasteiger partial charge is 0.337 e. The molecule has 0 saturated carbocycles. The predicted molar refractivity (Wildman–Crippen MR) is 76.3 cm³/mol. The van der Waals surface area contributed by atoms with Crippen LogP contribution < -0.4 is 10.6 Å². The van der Waals surface area contributed by atoms with E-state index in [0.29, 0.717) is 12.2 Å². The van der Waals surface area contributed by atoms with E-state index in [9.17, 15) is 9.18 Å². The molecule has 0 bridgehead atoms. The quantitative estimate of drug-likeness (QED) is 0.841. The van der Waals surface area contributed by atoms with Crippen LogP contribution in [0.4, 0.5) is 15.8 Å². The molecule has 0 aliphatic carbocycles. The van der Waals surface area contributed by atoms with E-state index in [-0.39, 0.29) is 17.1 Å². The summed E-state index contributed by atoms with van der Waals surface area (Å²) in [6.07, 6.45) is 0. The Labute approximate surface area is 116 Å². The average molecular weight is 274 g/mol. The summed E-state index contributed by atoms with van der Waals surface area (Å²) >= 11 is 0. The van der Waals surface area contributed by atoms with E-state index in [4.69, 9.17) is 10.8 Å². The minimum absolute atomic E-state index is 0.0635. The topological polar surface area (TPSA) is 66.6 Å². The molecule has 0 heterocycles. The molecule has 0 aliphatic heterocycles. The highest BCUT2D eigenvalue weighted by molar-refractivity contribution is 5.97. The minimum atomic E-state index is -1.07. The van der Waals surface area contributed by atoms with Gasteiger partial charge in [-0.25, -0.2) is 9.18 Å². The van der Waals surface area contributed by atoms with Crippen molar-refractivity contribution in [2.24, 2.45) is 0 Å². The average Bonchev–Trinajstić information content (AvgIpc) is 2.38. The molecule has 0 radical (unpaired) electrons. The standard InChI is InChI=1S/C15H15FN2O2/c1-18(9-10-4-2-5-11(16)8-10)13-7-3-6-12(14(13)17)15(19)20/h2-8H,9,17H2,1H3,(H,19,20). The van der Waals surface area contributed by atoms with Gasteiger partial charge in [-0.3, -0.25) is 0 Å². The molecule has 3 N–H and O–H groups in total. The van der Waals surface area contributed by atoms with Crippen molar-refractivity contribution >= 4 is 17.3 Å². The van der Waals surface area contributed by atoms with Gasteiger partial charge in [-0.05, 0) is 29.8 Å². The zero-order valence-corrected chi connectivity index (χ0v) is 11.0. The summed E-state index contributed by atoms with van der Waals surface area (Å²) in [4.78, 5) is 12.8. The number of halogens is 1. The molecule has 4 nitrogen and oxygen atoms in total. The molecule has 2 aromatic rings. The lowest BCUT2D eigenvalue weighted by molar-refractivity contribution is 0.0698. The van der Waals surface area contributed by atoms with Gasteiger partial charge in [0, 0.05) is 13.6 Å². The third-order valence-electron chi connectivity index (χ3n) is 3.03. The largest absolute Gasteiger partial charge is 0.478 e. The molecule has 0 aliphatic rings. The Bertz CT molecular complexity index is 644. The van der Waals surface area contributed by atoms with Gasteiger partial charge in [0.2, 0.25) is 0 Å². The van der Waals surface area contributed by atoms with Gasteiger partial charge in [-0.1, -0.05) is 18.2 Å². The van der Waals surface area contributed by atoms with Crippen LogP contribution >= 0.6 is 0 Å². The van der Waals surface area contributed by atoms with Crippen molar-refractivity contribution in [3.8, 4) is 0 Å². The van der Waals surface area contributed by atoms with E-state index in [1.54, 1.807) is 36.2 Å². The van der Waals surface area contributed by atoms with Crippen molar-refractivity contribution in [3.63, 3.8) is 0 Å². The van der Waals surface area contributed by atoms with Gasteiger partial charge in [0.1, 0.15) is 5.82 Å². The van der Waals surface area contributed by atoms with Crippen LogP contribution in [0.3, 0.4) is 0 Å². The van der Waals surface area contributed by atoms with E-state index in [1.165, 1.54) is 18.2 Å². The Hall–Kier alpha value is -2.56. The van der Waals surface area contributed by atoms with Crippen LogP contribution in [-0.2, 0) is 6.54 Å².